The lowest BCUT2D eigenvalue weighted by Gasteiger charge is -2.20. The molecule has 0 unspecified atom stereocenters. The molecule has 0 rings (SSSR count). The van der Waals surface area contributed by atoms with Crippen LogP contribution in [0, 0.1) is 0 Å². The molecule has 0 aliphatic heterocycles. The molecule has 0 N–H and O–H groups in total. The van der Waals surface area contributed by atoms with Crippen LogP contribution in [0.2, 0.25) is 0 Å². The second-order valence-corrected chi connectivity index (χ2v) is 4.92. The summed E-state index contributed by atoms with van der Waals surface area (Å²) in [5, 5.41) is 4.39. The summed E-state index contributed by atoms with van der Waals surface area (Å²) in [5.41, 5.74) is -0.544. The summed E-state index contributed by atoms with van der Waals surface area (Å²) in [6.07, 6.45) is 5.28. The largest absolute Gasteiger partial charge is 0.463 e. The van der Waals surface area contributed by atoms with E-state index >= 15 is 0 Å². The smallest absolute Gasteiger partial charge is 0.369 e. The highest BCUT2D eigenvalue weighted by molar-refractivity contribution is 5.91. The third-order valence-electron chi connectivity index (χ3n) is 2.33. The molecule has 0 bridgehead atoms. The van der Waals surface area contributed by atoms with Crippen LogP contribution in [-0.2, 0) is 29.1 Å². The fourth-order valence-corrected chi connectivity index (χ4v) is 1.32. The lowest BCUT2D eigenvalue weighted by molar-refractivity contribution is -0.515. The van der Waals surface area contributed by atoms with Crippen LogP contribution in [0.3, 0.4) is 0 Å². The summed E-state index contributed by atoms with van der Waals surface area (Å²) in [6, 6.07) is 0. The first-order valence-corrected chi connectivity index (χ1v) is 6.82. The molecule has 0 amide bonds. The van der Waals surface area contributed by atoms with Crippen LogP contribution in [-0.4, -0.2) is 24.1 Å². The second-order valence-electron chi connectivity index (χ2n) is 4.92. The molecule has 6 heteroatoms. The molecule has 0 atom stereocenters. The van der Waals surface area contributed by atoms with Gasteiger partial charge in [-0.1, -0.05) is 26.7 Å². The Balaban J connectivity index is 3.85. The zero-order valence-corrected chi connectivity index (χ0v) is 12.6. The SMILES string of the molecule is CCCCOC(=O)/C=C/C(=O)OOOC(C)(C)CCC. The quantitative estimate of drug-likeness (QED) is 0.202. The van der Waals surface area contributed by atoms with Crippen molar-refractivity contribution in [2.45, 2.75) is 59.0 Å². The van der Waals surface area contributed by atoms with Crippen molar-refractivity contribution in [3.63, 3.8) is 0 Å². The molecule has 0 aliphatic carbocycles. The molecule has 0 aliphatic rings. The molecule has 0 saturated heterocycles. The molecule has 116 valence electrons. The lowest BCUT2D eigenvalue weighted by Crippen LogP contribution is -2.24. The van der Waals surface area contributed by atoms with E-state index in [1.807, 2.05) is 27.7 Å². The van der Waals surface area contributed by atoms with E-state index in [1.165, 1.54) is 0 Å². The Morgan fingerprint density at radius 1 is 1.05 bits per heavy atom. The molecule has 0 heterocycles. The molecule has 6 nitrogen and oxygen atoms in total. The second kappa shape index (κ2) is 10.4. The highest BCUT2D eigenvalue weighted by Gasteiger charge is 2.19. The average Bonchev–Trinajstić information content (AvgIpc) is 2.36. The topological polar surface area (TPSA) is 71.1 Å². The monoisotopic (exact) mass is 288 g/mol. The van der Waals surface area contributed by atoms with Gasteiger partial charge >= 0.3 is 11.9 Å². The van der Waals surface area contributed by atoms with E-state index in [0.717, 1.165) is 37.8 Å². The van der Waals surface area contributed by atoms with Gasteiger partial charge in [0.05, 0.1) is 6.61 Å². The van der Waals surface area contributed by atoms with Crippen molar-refractivity contribution in [3.8, 4) is 0 Å². The molecule has 20 heavy (non-hydrogen) atoms. The van der Waals surface area contributed by atoms with Crippen molar-refractivity contribution in [1.82, 2.24) is 0 Å². The minimum atomic E-state index is -0.843. The molecule has 0 spiro atoms. The number of unbranched alkanes of at least 4 members (excludes halogenated alkanes) is 1. The number of carbonyl (C=O) groups excluding carboxylic acids is 2. The fraction of sp³-hybridized carbons (Fsp3) is 0.714. The Kier molecular flexibility index (Phi) is 9.67. The Morgan fingerprint density at radius 2 is 1.70 bits per heavy atom. The number of esters is 1. The van der Waals surface area contributed by atoms with E-state index < -0.39 is 17.5 Å². The van der Waals surface area contributed by atoms with E-state index in [1.54, 1.807) is 0 Å². The van der Waals surface area contributed by atoms with Gasteiger partial charge in [0.25, 0.3) is 0 Å². The Morgan fingerprint density at radius 3 is 2.30 bits per heavy atom. The molecule has 0 fully saturated rings. The average molecular weight is 288 g/mol. The number of carbonyl (C=O) groups is 2. The zero-order valence-electron chi connectivity index (χ0n) is 12.6. The Bertz CT molecular complexity index is 322. The van der Waals surface area contributed by atoms with Crippen molar-refractivity contribution in [2.24, 2.45) is 0 Å². The minimum absolute atomic E-state index is 0.333. The van der Waals surface area contributed by atoms with Crippen LogP contribution < -0.4 is 0 Å². The van der Waals surface area contributed by atoms with Crippen LogP contribution in [0.1, 0.15) is 53.4 Å². The van der Waals surface area contributed by atoms with Gasteiger partial charge in [-0.05, 0) is 31.7 Å². The van der Waals surface area contributed by atoms with Crippen molar-refractivity contribution in [1.29, 1.82) is 0 Å². The summed E-state index contributed by atoms with van der Waals surface area (Å²) < 4.78 is 4.82. The number of ether oxygens (including phenoxy) is 1. The first kappa shape index (κ1) is 18.6. The van der Waals surface area contributed by atoms with E-state index in [2.05, 4.69) is 9.93 Å². The molecule has 0 saturated carbocycles. The van der Waals surface area contributed by atoms with E-state index in [4.69, 9.17) is 9.62 Å². The summed E-state index contributed by atoms with van der Waals surface area (Å²) in [4.78, 5) is 31.6. The van der Waals surface area contributed by atoms with Gasteiger partial charge < -0.3 is 4.74 Å². The zero-order chi connectivity index (χ0) is 15.4. The number of hydrogen-bond donors (Lipinski definition) is 0. The standard InChI is InChI=1S/C14H24O6/c1-5-7-11-17-12(15)8-9-13(16)18-20-19-14(3,4)10-6-2/h8-9H,5-7,10-11H2,1-4H3/b9-8+. The first-order chi connectivity index (χ1) is 9.41. The van der Waals surface area contributed by atoms with Crippen LogP contribution in [0.4, 0.5) is 0 Å². The van der Waals surface area contributed by atoms with Crippen LogP contribution in [0.25, 0.3) is 0 Å². The van der Waals surface area contributed by atoms with Gasteiger partial charge in [0.15, 0.2) is 0 Å². The van der Waals surface area contributed by atoms with Gasteiger partial charge in [0, 0.05) is 12.2 Å². The third-order valence-corrected chi connectivity index (χ3v) is 2.33. The molecule has 0 aromatic carbocycles. The third kappa shape index (κ3) is 10.5. The maximum absolute atomic E-state index is 11.2. The maximum Gasteiger partial charge on any atom is 0.369 e. The summed E-state index contributed by atoms with van der Waals surface area (Å²) in [6.45, 7) is 7.94. The van der Waals surface area contributed by atoms with E-state index in [-0.39, 0.29) is 0 Å². The molecular formula is C14H24O6. The van der Waals surface area contributed by atoms with Crippen LogP contribution in [0.5, 0.6) is 0 Å². The fourth-order valence-electron chi connectivity index (χ4n) is 1.32. The predicted octanol–water partition coefficient (Wildman–Crippen LogP) is 2.87. The molecule has 0 radical (unpaired) electrons. The van der Waals surface area contributed by atoms with Crippen LogP contribution >= 0.6 is 0 Å². The van der Waals surface area contributed by atoms with Gasteiger partial charge in [-0.3, -0.25) is 4.89 Å². The molecular weight excluding hydrogens is 264 g/mol. The van der Waals surface area contributed by atoms with E-state index in [0.29, 0.717) is 6.61 Å². The van der Waals surface area contributed by atoms with Crippen molar-refractivity contribution in [3.05, 3.63) is 12.2 Å². The summed E-state index contributed by atoms with van der Waals surface area (Å²) in [7, 11) is 0. The minimum Gasteiger partial charge on any atom is -0.463 e. The van der Waals surface area contributed by atoms with Gasteiger partial charge in [-0.15, -0.1) is 0 Å². The lowest BCUT2D eigenvalue weighted by atomic mass is 10.0. The Labute approximate surface area is 119 Å². The summed E-state index contributed by atoms with van der Waals surface area (Å²) >= 11 is 0. The molecule has 0 aromatic rings. The van der Waals surface area contributed by atoms with Crippen LogP contribution in [0.15, 0.2) is 12.2 Å². The number of hydrogen-bond acceptors (Lipinski definition) is 6. The first-order valence-electron chi connectivity index (χ1n) is 6.82. The molecule has 0 aromatic heterocycles. The van der Waals surface area contributed by atoms with Gasteiger partial charge in [0.2, 0.25) is 0 Å². The number of rotatable bonds is 10. The summed E-state index contributed by atoms with van der Waals surface area (Å²) in [5.74, 6) is -1.44. The van der Waals surface area contributed by atoms with Crippen molar-refractivity contribution >= 4 is 11.9 Å². The van der Waals surface area contributed by atoms with Crippen molar-refractivity contribution in [2.75, 3.05) is 6.61 Å². The van der Waals surface area contributed by atoms with Gasteiger partial charge in [-0.2, -0.15) is 4.89 Å². The predicted molar refractivity (Wildman–Crippen MR) is 72.3 cm³/mol. The van der Waals surface area contributed by atoms with E-state index in [9.17, 15) is 9.59 Å². The van der Waals surface area contributed by atoms with Gasteiger partial charge in [-0.25, -0.2) is 9.59 Å². The highest BCUT2D eigenvalue weighted by Crippen LogP contribution is 2.16. The normalized spacial score (nSPS) is 11.6. The maximum atomic E-state index is 11.2. The van der Waals surface area contributed by atoms with Crippen molar-refractivity contribution < 1.29 is 29.1 Å². The highest BCUT2D eigenvalue weighted by atomic mass is 17.5. The Hall–Kier alpha value is -1.40. The van der Waals surface area contributed by atoms with Gasteiger partial charge in [0.1, 0.15) is 5.60 Å².